The second kappa shape index (κ2) is 5.79. The molecule has 0 spiro atoms. The Kier molecular flexibility index (Phi) is 3.61. The number of aryl methyl sites for hydroxylation is 1. The largest absolute Gasteiger partial charge is 0.378 e. The number of nitrogens with zero attached hydrogens (tertiary/aromatic N) is 4. The van der Waals surface area contributed by atoms with Crippen LogP contribution in [0.25, 0.3) is 5.70 Å². The van der Waals surface area contributed by atoms with Gasteiger partial charge in [0.15, 0.2) is 0 Å². The number of rotatable bonds is 3. The molecule has 0 bridgehead atoms. The summed E-state index contributed by atoms with van der Waals surface area (Å²) >= 11 is 1.72. The zero-order valence-electron chi connectivity index (χ0n) is 13.9. The first-order valence-electron chi connectivity index (χ1n) is 7.85. The lowest BCUT2D eigenvalue weighted by Crippen LogP contribution is -2.20. The van der Waals surface area contributed by atoms with E-state index in [2.05, 4.69) is 68.2 Å². The van der Waals surface area contributed by atoms with Crippen LogP contribution in [0.15, 0.2) is 47.9 Å². The van der Waals surface area contributed by atoms with Crippen molar-refractivity contribution in [3.05, 3.63) is 64.1 Å². The van der Waals surface area contributed by atoms with E-state index >= 15 is 0 Å². The molecule has 0 saturated heterocycles. The summed E-state index contributed by atoms with van der Waals surface area (Å²) in [6.45, 7) is 1.92. The molecule has 3 heterocycles. The molecule has 3 aromatic rings. The van der Waals surface area contributed by atoms with Gasteiger partial charge in [-0.3, -0.25) is 0 Å². The van der Waals surface area contributed by atoms with Gasteiger partial charge in [0.2, 0.25) is 5.95 Å². The van der Waals surface area contributed by atoms with Crippen LogP contribution in [-0.2, 0) is 0 Å². The van der Waals surface area contributed by atoms with Crippen LogP contribution >= 0.6 is 11.3 Å². The highest BCUT2D eigenvalue weighted by Gasteiger charge is 2.24. The first kappa shape index (κ1) is 15.0. The smallest absolute Gasteiger partial charge is 0.226 e. The maximum atomic E-state index is 4.57. The van der Waals surface area contributed by atoms with Crippen LogP contribution in [0.5, 0.6) is 0 Å². The summed E-state index contributed by atoms with van der Waals surface area (Å²) in [7, 11) is 4.10. The minimum atomic E-state index is 0.0377. The van der Waals surface area contributed by atoms with Gasteiger partial charge < -0.3 is 10.2 Å². The monoisotopic (exact) mass is 337 g/mol. The summed E-state index contributed by atoms with van der Waals surface area (Å²) in [6.07, 6.45) is 2.22. The van der Waals surface area contributed by atoms with Crippen LogP contribution in [0, 0.1) is 6.92 Å². The van der Waals surface area contributed by atoms with E-state index in [4.69, 9.17) is 0 Å². The summed E-state index contributed by atoms with van der Waals surface area (Å²) in [5, 5.41) is 10.1. The number of thiophene rings is 1. The van der Waals surface area contributed by atoms with Gasteiger partial charge in [0.25, 0.3) is 0 Å². The number of anilines is 2. The Balaban J connectivity index is 1.78. The number of fused-ring (bicyclic) bond motifs is 1. The van der Waals surface area contributed by atoms with E-state index < -0.39 is 0 Å². The van der Waals surface area contributed by atoms with Gasteiger partial charge in [-0.1, -0.05) is 18.2 Å². The van der Waals surface area contributed by atoms with E-state index in [0.717, 1.165) is 17.5 Å². The maximum Gasteiger partial charge on any atom is 0.226 e. The summed E-state index contributed by atoms with van der Waals surface area (Å²) in [6, 6.07) is 12.8. The second-order valence-corrected chi connectivity index (χ2v) is 6.99. The number of hydrogen-bond acceptors (Lipinski definition) is 5. The first-order chi connectivity index (χ1) is 11.6. The molecule has 1 aliphatic heterocycles. The summed E-state index contributed by atoms with van der Waals surface area (Å²) in [5.74, 6) is 1.56. The first-order valence-corrected chi connectivity index (χ1v) is 8.73. The van der Waals surface area contributed by atoms with Gasteiger partial charge in [-0.15, -0.1) is 11.3 Å². The molecule has 5 nitrogen and oxygen atoms in total. The van der Waals surface area contributed by atoms with Crippen molar-refractivity contribution in [2.45, 2.75) is 13.0 Å². The molecule has 0 fully saturated rings. The van der Waals surface area contributed by atoms with Crippen LogP contribution < -0.4 is 10.2 Å². The van der Waals surface area contributed by atoms with Crippen molar-refractivity contribution in [3.8, 4) is 0 Å². The van der Waals surface area contributed by atoms with Crippen LogP contribution in [0.1, 0.15) is 22.3 Å². The normalized spacial score (nSPS) is 16.3. The van der Waals surface area contributed by atoms with Crippen molar-refractivity contribution in [2.75, 3.05) is 24.3 Å². The average molecular weight is 337 g/mol. The SMILES string of the molecule is Cc1nc2n(n1)C(c1ccc(N(C)C)cc1)C=C(c1cccs1)N2. The molecule has 0 radical (unpaired) electrons. The van der Waals surface area contributed by atoms with E-state index in [1.165, 1.54) is 16.1 Å². The van der Waals surface area contributed by atoms with Gasteiger partial charge in [-0.05, 0) is 42.1 Å². The molecule has 1 aromatic carbocycles. The topological polar surface area (TPSA) is 46.0 Å². The average Bonchev–Trinajstić information content (AvgIpc) is 3.22. The highest BCUT2D eigenvalue weighted by atomic mass is 32.1. The van der Waals surface area contributed by atoms with E-state index in [1.807, 2.05) is 25.7 Å². The molecule has 24 heavy (non-hydrogen) atoms. The van der Waals surface area contributed by atoms with E-state index in [1.54, 1.807) is 11.3 Å². The maximum absolute atomic E-state index is 4.57. The molecule has 6 heteroatoms. The predicted octanol–water partition coefficient (Wildman–Crippen LogP) is 3.77. The number of allylic oxidation sites excluding steroid dienone is 1. The van der Waals surface area contributed by atoms with Gasteiger partial charge in [0.05, 0.1) is 10.6 Å². The molecule has 1 unspecified atom stereocenters. The molecule has 122 valence electrons. The lowest BCUT2D eigenvalue weighted by molar-refractivity contribution is 0.607. The predicted molar refractivity (Wildman–Crippen MR) is 99.6 cm³/mol. The molecule has 4 rings (SSSR count). The Bertz CT molecular complexity index is 875. The van der Waals surface area contributed by atoms with Crippen LogP contribution in [0.3, 0.4) is 0 Å². The van der Waals surface area contributed by atoms with Gasteiger partial charge in [-0.25, -0.2) is 4.68 Å². The Labute approximate surface area is 145 Å². The second-order valence-electron chi connectivity index (χ2n) is 6.04. The standard InChI is InChI=1S/C18H19N5S/c1-12-19-18-20-15(17-5-4-10-24-17)11-16(23(18)21-12)13-6-8-14(9-7-13)22(2)3/h4-11,16H,1-3H3,(H,19,20,21). The number of hydrogen-bond donors (Lipinski definition) is 1. The zero-order chi connectivity index (χ0) is 16.7. The van der Waals surface area contributed by atoms with Gasteiger partial charge in [0.1, 0.15) is 11.9 Å². The van der Waals surface area contributed by atoms with Crippen molar-refractivity contribution in [1.82, 2.24) is 14.8 Å². The minimum absolute atomic E-state index is 0.0377. The summed E-state index contributed by atoms with van der Waals surface area (Å²) in [4.78, 5) is 7.84. The molecule has 0 saturated carbocycles. The van der Waals surface area contributed by atoms with Gasteiger partial charge in [-0.2, -0.15) is 10.1 Å². The van der Waals surface area contributed by atoms with E-state index in [-0.39, 0.29) is 6.04 Å². The van der Waals surface area contributed by atoms with E-state index in [0.29, 0.717) is 0 Å². The molecule has 1 atom stereocenters. The Morgan fingerprint density at radius 1 is 1.17 bits per heavy atom. The summed E-state index contributed by atoms with van der Waals surface area (Å²) < 4.78 is 1.96. The Morgan fingerprint density at radius 2 is 1.96 bits per heavy atom. The Hall–Kier alpha value is -2.60. The van der Waals surface area contributed by atoms with Crippen molar-refractivity contribution >= 4 is 28.7 Å². The quantitative estimate of drug-likeness (QED) is 0.790. The number of aromatic nitrogens is 3. The fourth-order valence-electron chi connectivity index (χ4n) is 2.88. The number of nitrogens with one attached hydrogen (secondary N) is 1. The van der Waals surface area contributed by atoms with Crippen LogP contribution in [-0.4, -0.2) is 28.9 Å². The molecule has 0 aliphatic carbocycles. The van der Waals surface area contributed by atoms with Gasteiger partial charge >= 0.3 is 0 Å². The van der Waals surface area contributed by atoms with Gasteiger partial charge in [0, 0.05) is 19.8 Å². The molecule has 2 aromatic heterocycles. The lowest BCUT2D eigenvalue weighted by Gasteiger charge is -2.24. The molecule has 0 amide bonds. The molecular weight excluding hydrogens is 318 g/mol. The van der Waals surface area contributed by atoms with Crippen molar-refractivity contribution < 1.29 is 0 Å². The van der Waals surface area contributed by atoms with Crippen molar-refractivity contribution in [1.29, 1.82) is 0 Å². The minimum Gasteiger partial charge on any atom is -0.378 e. The van der Waals surface area contributed by atoms with E-state index in [9.17, 15) is 0 Å². The number of benzene rings is 1. The zero-order valence-corrected chi connectivity index (χ0v) is 14.7. The molecular formula is C18H19N5S. The fraction of sp³-hybridized carbons (Fsp3) is 0.222. The Morgan fingerprint density at radius 3 is 2.62 bits per heavy atom. The van der Waals surface area contributed by atoms with Crippen LogP contribution in [0.2, 0.25) is 0 Å². The summed E-state index contributed by atoms with van der Waals surface area (Å²) in [5.41, 5.74) is 3.47. The molecule has 1 aliphatic rings. The van der Waals surface area contributed by atoms with Crippen LogP contribution in [0.4, 0.5) is 11.6 Å². The molecule has 1 N–H and O–H groups in total. The van der Waals surface area contributed by atoms with Crippen molar-refractivity contribution in [2.24, 2.45) is 0 Å². The third-order valence-electron chi connectivity index (χ3n) is 4.11. The lowest BCUT2D eigenvalue weighted by atomic mass is 10.0. The highest BCUT2D eigenvalue weighted by molar-refractivity contribution is 7.11. The third kappa shape index (κ3) is 2.59. The highest BCUT2D eigenvalue weighted by Crippen LogP contribution is 2.34. The fourth-order valence-corrected chi connectivity index (χ4v) is 3.59. The third-order valence-corrected chi connectivity index (χ3v) is 5.01. The van der Waals surface area contributed by atoms with Crippen molar-refractivity contribution in [3.63, 3.8) is 0 Å².